The van der Waals surface area contributed by atoms with Gasteiger partial charge in [-0.25, -0.2) is 4.39 Å². The molecule has 1 aromatic heterocycles. The Morgan fingerprint density at radius 1 is 1.17 bits per heavy atom. The van der Waals surface area contributed by atoms with Crippen LogP contribution in [-0.2, 0) is 23.1 Å². The number of hydrogen-bond donors (Lipinski definition) is 3. The number of carbonyl (C=O) groups excluding carboxylic acids is 2. The number of nitriles is 1. The molecule has 2 aromatic carbocycles. The lowest BCUT2D eigenvalue weighted by Crippen LogP contribution is -2.44. The fourth-order valence-corrected chi connectivity index (χ4v) is 6.76. The Labute approximate surface area is 237 Å². The normalized spacial score (nSPS) is 24.2. The molecular weight excluding hydrogens is 523 g/mol. The van der Waals surface area contributed by atoms with Crippen molar-refractivity contribution in [1.82, 2.24) is 36.2 Å². The van der Waals surface area contributed by atoms with Gasteiger partial charge in [-0.05, 0) is 105 Å². The van der Waals surface area contributed by atoms with E-state index in [2.05, 4.69) is 37.3 Å². The lowest BCUT2D eigenvalue weighted by Gasteiger charge is -2.34. The fourth-order valence-electron chi connectivity index (χ4n) is 6.76. The number of benzene rings is 2. The number of aromatic amines is 1. The number of piperidine rings is 1. The molecule has 6 rings (SSSR count). The number of H-pyrrole nitrogens is 1. The first-order valence-electron chi connectivity index (χ1n) is 14.2. The number of amides is 2. The molecule has 212 valence electrons. The monoisotopic (exact) mass is 556 g/mol. The van der Waals surface area contributed by atoms with Gasteiger partial charge in [0.1, 0.15) is 11.9 Å². The number of tetrazole rings is 1. The van der Waals surface area contributed by atoms with E-state index in [1.165, 1.54) is 6.07 Å². The third-order valence-corrected chi connectivity index (χ3v) is 8.66. The molecule has 0 spiro atoms. The number of likely N-dealkylation sites (tertiary alicyclic amines) is 1. The van der Waals surface area contributed by atoms with Crippen molar-refractivity contribution in [2.24, 2.45) is 5.92 Å². The molecule has 1 unspecified atom stereocenters. The Bertz CT molecular complexity index is 1520. The molecule has 41 heavy (non-hydrogen) atoms. The van der Waals surface area contributed by atoms with E-state index in [0.29, 0.717) is 43.1 Å². The summed E-state index contributed by atoms with van der Waals surface area (Å²) in [4.78, 5) is 27.7. The lowest BCUT2D eigenvalue weighted by molar-refractivity contribution is -0.131. The first kappa shape index (κ1) is 27.0. The van der Waals surface area contributed by atoms with Crippen molar-refractivity contribution in [1.29, 1.82) is 5.26 Å². The Morgan fingerprint density at radius 3 is 2.63 bits per heavy atom. The van der Waals surface area contributed by atoms with Gasteiger partial charge in [0.2, 0.25) is 5.91 Å². The minimum Gasteiger partial charge on any atom is -0.350 e. The van der Waals surface area contributed by atoms with Gasteiger partial charge in [-0.2, -0.15) is 10.5 Å². The summed E-state index contributed by atoms with van der Waals surface area (Å²) in [6, 6.07) is 12.5. The molecule has 3 aliphatic rings. The second-order valence-electron chi connectivity index (χ2n) is 11.6. The van der Waals surface area contributed by atoms with E-state index in [1.807, 2.05) is 26.0 Å². The summed E-state index contributed by atoms with van der Waals surface area (Å²) in [6.07, 6.45) is 3.37. The largest absolute Gasteiger partial charge is 0.350 e. The molecule has 1 saturated carbocycles. The Hall–Kier alpha value is -4.17. The molecule has 0 bridgehead atoms. The van der Waals surface area contributed by atoms with Gasteiger partial charge >= 0.3 is 0 Å². The third-order valence-electron chi connectivity index (χ3n) is 8.66. The van der Waals surface area contributed by atoms with Crippen molar-refractivity contribution in [2.75, 3.05) is 13.1 Å². The first-order valence-corrected chi connectivity index (χ1v) is 14.2. The zero-order chi connectivity index (χ0) is 28.7. The van der Waals surface area contributed by atoms with E-state index >= 15 is 0 Å². The molecule has 4 atom stereocenters. The molecular formula is C30H33FN8O2. The van der Waals surface area contributed by atoms with Gasteiger partial charge in [0, 0.05) is 17.6 Å². The molecule has 1 saturated heterocycles. The number of carbonyl (C=O) groups is 2. The third kappa shape index (κ3) is 4.86. The number of aryl methyl sites for hydroxylation is 2. The van der Waals surface area contributed by atoms with Crippen LogP contribution in [0.5, 0.6) is 0 Å². The quantitative estimate of drug-likeness (QED) is 0.362. The number of aromatic nitrogens is 4. The number of hydrogen-bond acceptors (Lipinski definition) is 7. The molecule has 0 radical (unpaired) electrons. The van der Waals surface area contributed by atoms with Crippen LogP contribution in [0.3, 0.4) is 0 Å². The van der Waals surface area contributed by atoms with Crippen LogP contribution in [0.25, 0.3) is 0 Å². The SMILES string of the molecule is CC(C)NC(=O)c1ccc2c(c1)CCc1cc(F)ccc1C2(CCNCC(=O)N1[C@H](C#N)C[C@@H]2C[C@@H]21)c1nn[nH]n1. The lowest BCUT2D eigenvalue weighted by atomic mass is 9.69. The minimum absolute atomic E-state index is 0.00413. The average molecular weight is 557 g/mol. The van der Waals surface area contributed by atoms with Crippen molar-refractivity contribution >= 4 is 11.8 Å². The van der Waals surface area contributed by atoms with Gasteiger partial charge in [-0.1, -0.05) is 17.3 Å². The van der Waals surface area contributed by atoms with Gasteiger partial charge in [0.15, 0.2) is 5.82 Å². The Morgan fingerprint density at radius 2 is 1.93 bits per heavy atom. The van der Waals surface area contributed by atoms with Crippen molar-refractivity contribution in [3.63, 3.8) is 0 Å². The van der Waals surface area contributed by atoms with E-state index in [1.54, 1.807) is 23.1 Å². The standard InChI is InChI=1S/C30H33FN8O2/c1-17(2)34-28(41)20-5-7-24-18(11-20)3-4-19-12-22(31)6-8-25(19)30(24,29-35-37-38-36-29)9-10-33-16-27(40)39-23(15-32)13-21-14-26(21)39/h5-8,11-12,17,21,23,26,33H,3-4,9-10,13-14,16H2,1-2H3,(H,34,41)(H,35,36,37,38)/t21-,23+,26+,30?/m1/s1. The summed E-state index contributed by atoms with van der Waals surface area (Å²) >= 11 is 0. The van der Waals surface area contributed by atoms with E-state index in [0.717, 1.165) is 35.1 Å². The second kappa shape index (κ2) is 10.7. The summed E-state index contributed by atoms with van der Waals surface area (Å²) in [6.45, 7) is 4.36. The number of rotatable bonds is 8. The molecule has 3 aromatic rings. The van der Waals surface area contributed by atoms with Crippen LogP contribution in [0, 0.1) is 23.1 Å². The number of nitrogens with one attached hydrogen (secondary N) is 3. The van der Waals surface area contributed by atoms with Gasteiger partial charge in [-0.15, -0.1) is 10.2 Å². The van der Waals surface area contributed by atoms with Gasteiger partial charge in [-0.3, -0.25) is 9.59 Å². The van der Waals surface area contributed by atoms with E-state index in [9.17, 15) is 19.2 Å². The van der Waals surface area contributed by atoms with Gasteiger partial charge in [0.25, 0.3) is 5.91 Å². The first-order chi connectivity index (χ1) is 19.8. The van der Waals surface area contributed by atoms with Crippen molar-refractivity contribution < 1.29 is 14.0 Å². The predicted molar refractivity (Wildman–Crippen MR) is 147 cm³/mol. The van der Waals surface area contributed by atoms with Crippen LogP contribution in [0.2, 0.25) is 0 Å². The molecule has 2 aliphatic carbocycles. The summed E-state index contributed by atoms with van der Waals surface area (Å²) in [5, 5.41) is 31.0. The highest BCUT2D eigenvalue weighted by atomic mass is 19.1. The number of halogens is 1. The van der Waals surface area contributed by atoms with Crippen LogP contribution in [0.15, 0.2) is 36.4 Å². The topological polar surface area (TPSA) is 140 Å². The Balaban J connectivity index is 1.34. The molecule has 3 N–H and O–H groups in total. The maximum absolute atomic E-state index is 14.5. The maximum atomic E-state index is 14.5. The fraction of sp³-hybridized carbons (Fsp3) is 0.467. The number of fused-ring (bicyclic) bond motifs is 3. The predicted octanol–water partition coefficient (Wildman–Crippen LogP) is 2.40. The second-order valence-corrected chi connectivity index (χ2v) is 11.6. The minimum atomic E-state index is -0.907. The molecule has 2 fully saturated rings. The van der Waals surface area contributed by atoms with Gasteiger partial charge in [0.05, 0.1) is 18.0 Å². The van der Waals surface area contributed by atoms with Crippen LogP contribution in [-0.4, -0.2) is 68.6 Å². The zero-order valence-corrected chi connectivity index (χ0v) is 23.2. The van der Waals surface area contributed by atoms with E-state index in [4.69, 9.17) is 0 Å². The highest BCUT2D eigenvalue weighted by Crippen LogP contribution is 2.48. The summed E-state index contributed by atoms with van der Waals surface area (Å²) in [7, 11) is 0. The smallest absolute Gasteiger partial charge is 0.251 e. The van der Waals surface area contributed by atoms with Crippen LogP contribution in [0.4, 0.5) is 4.39 Å². The van der Waals surface area contributed by atoms with Crippen molar-refractivity contribution in [3.8, 4) is 6.07 Å². The van der Waals surface area contributed by atoms with E-state index in [-0.39, 0.29) is 42.3 Å². The van der Waals surface area contributed by atoms with Crippen molar-refractivity contribution in [3.05, 3.63) is 75.9 Å². The number of nitrogens with zero attached hydrogens (tertiary/aromatic N) is 5. The van der Waals surface area contributed by atoms with Crippen LogP contribution in [0.1, 0.15) is 71.5 Å². The zero-order valence-electron chi connectivity index (χ0n) is 23.2. The molecule has 11 heteroatoms. The molecule has 2 amide bonds. The molecule has 2 heterocycles. The maximum Gasteiger partial charge on any atom is 0.251 e. The Kier molecular flexibility index (Phi) is 7.03. The van der Waals surface area contributed by atoms with Crippen molar-refractivity contribution in [2.45, 2.75) is 69.5 Å². The summed E-state index contributed by atoms with van der Waals surface area (Å²) in [5.74, 6) is 0.340. The molecule has 10 nitrogen and oxygen atoms in total. The van der Waals surface area contributed by atoms with Gasteiger partial charge < -0.3 is 15.5 Å². The van der Waals surface area contributed by atoms with E-state index < -0.39 is 5.41 Å². The van der Waals surface area contributed by atoms with Crippen LogP contribution >= 0.6 is 0 Å². The highest BCUT2D eigenvalue weighted by molar-refractivity contribution is 5.94. The molecule has 1 aliphatic heterocycles. The summed E-state index contributed by atoms with van der Waals surface area (Å²) < 4.78 is 14.5. The highest BCUT2D eigenvalue weighted by Gasteiger charge is 2.54. The average Bonchev–Trinajstić information content (AvgIpc) is 3.34. The van der Waals surface area contributed by atoms with Crippen LogP contribution < -0.4 is 10.6 Å². The summed E-state index contributed by atoms with van der Waals surface area (Å²) in [5.41, 5.74) is 3.22.